The summed E-state index contributed by atoms with van der Waals surface area (Å²) in [6.07, 6.45) is -5.06. The summed E-state index contributed by atoms with van der Waals surface area (Å²) in [4.78, 5) is 23.3. The molecule has 0 unspecified atom stereocenters. The number of ether oxygens (including phenoxy) is 1. The van der Waals surface area contributed by atoms with Crippen molar-refractivity contribution in [3.63, 3.8) is 0 Å². The smallest absolute Gasteiger partial charge is 0.410 e. The highest BCUT2D eigenvalue weighted by molar-refractivity contribution is 8.03. The third-order valence-electron chi connectivity index (χ3n) is 2.66. The molecule has 0 atom stereocenters. The number of halogens is 3. The average molecular weight is 360 g/mol. The second kappa shape index (κ2) is 6.39. The molecule has 1 aliphatic rings. The van der Waals surface area contributed by atoms with Gasteiger partial charge in [0.05, 0.1) is 10.7 Å². The zero-order valence-electron chi connectivity index (χ0n) is 13.1. The Labute approximate surface area is 140 Å². The van der Waals surface area contributed by atoms with E-state index >= 15 is 0 Å². The van der Waals surface area contributed by atoms with Crippen molar-refractivity contribution in [1.29, 1.82) is 0 Å². The zero-order valence-corrected chi connectivity index (χ0v) is 13.9. The number of nitrogens with one attached hydrogen (secondary N) is 2. The third-order valence-corrected chi connectivity index (χ3v) is 3.67. The van der Waals surface area contributed by atoms with Gasteiger partial charge in [0, 0.05) is 22.6 Å². The first kappa shape index (κ1) is 18.2. The van der Waals surface area contributed by atoms with Gasteiger partial charge in [0.25, 0.3) is 5.78 Å². The number of hydrogen-bond acceptors (Lipinski definition) is 5. The van der Waals surface area contributed by atoms with Crippen LogP contribution in [0.15, 0.2) is 34.2 Å². The van der Waals surface area contributed by atoms with Crippen molar-refractivity contribution in [3.05, 3.63) is 29.3 Å². The van der Waals surface area contributed by atoms with E-state index < -0.39 is 23.6 Å². The summed E-state index contributed by atoms with van der Waals surface area (Å²) < 4.78 is 42.0. The van der Waals surface area contributed by atoms with Gasteiger partial charge in [0.1, 0.15) is 5.75 Å². The number of carbonyl (C=O) groups excluding carboxylic acids is 2. The van der Waals surface area contributed by atoms with E-state index in [4.69, 9.17) is 4.74 Å². The lowest BCUT2D eigenvalue weighted by molar-refractivity contribution is -0.165. The largest absolute Gasteiger partial charge is 0.454 e. The Bertz CT molecular complexity index is 709. The number of carbonyl (C=O) groups is 2. The van der Waals surface area contributed by atoms with Gasteiger partial charge in [0.2, 0.25) is 0 Å². The molecule has 1 amide bonds. The molecule has 24 heavy (non-hydrogen) atoms. The lowest BCUT2D eigenvalue weighted by Gasteiger charge is -2.19. The van der Waals surface area contributed by atoms with Gasteiger partial charge in [-0.15, -0.1) is 0 Å². The van der Waals surface area contributed by atoms with E-state index in [1.807, 2.05) is 0 Å². The van der Waals surface area contributed by atoms with Gasteiger partial charge < -0.3 is 15.4 Å². The van der Waals surface area contributed by atoms with Crippen molar-refractivity contribution >= 4 is 29.3 Å². The predicted octanol–water partition coefficient (Wildman–Crippen LogP) is 4.06. The number of fused-ring (bicyclic) bond motifs is 1. The molecule has 0 aliphatic carbocycles. The monoisotopic (exact) mass is 360 g/mol. The molecule has 2 N–H and O–H groups in total. The molecule has 0 aromatic heterocycles. The zero-order chi connectivity index (χ0) is 18.1. The van der Waals surface area contributed by atoms with Crippen LogP contribution in [0.25, 0.3) is 0 Å². The summed E-state index contributed by atoms with van der Waals surface area (Å²) in [5, 5.41) is 5.37. The molecule has 0 radical (unpaired) electrons. The van der Waals surface area contributed by atoms with E-state index in [9.17, 15) is 22.8 Å². The van der Waals surface area contributed by atoms with E-state index in [0.29, 0.717) is 16.7 Å². The van der Waals surface area contributed by atoms with Gasteiger partial charge in [-0.2, -0.15) is 13.2 Å². The molecule has 0 spiro atoms. The van der Waals surface area contributed by atoms with Crippen LogP contribution >= 0.6 is 11.8 Å². The quantitative estimate of drug-likeness (QED) is 0.779. The number of amides is 1. The number of rotatable bonds is 2. The van der Waals surface area contributed by atoms with Gasteiger partial charge in [-0.05, 0) is 32.9 Å². The molecule has 0 saturated carbocycles. The Kier molecular flexibility index (Phi) is 4.84. The minimum Gasteiger partial charge on any atom is -0.410 e. The fourth-order valence-electron chi connectivity index (χ4n) is 1.74. The standard InChI is InChI=1S/C15H15F3N2O3S/c1-14(2,3)20-13(22)23-8-4-5-10-9(6-8)19-12(24-10)7-11(21)15(16,17)18/h4-7,19H,1-3H3,(H,20,22). The summed E-state index contributed by atoms with van der Waals surface area (Å²) >= 11 is 0.991. The van der Waals surface area contributed by atoms with Crippen LogP contribution in [-0.2, 0) is 4.79 Å². The Morgan fingerprint density at radius 3 is 2.50 bits per heavy atom. The highest BCUT2D eigenvalue weighted by Gasteiger charge is 2.37. The fraction of sp³-hybridized carbons (Fsp3) is 0.333. The van der Waals surface area contributed by atoms with Crippen LogP contribution < -0.4 is 15.4 Å². The summed E-state index contributed by atoms with van der Waals surface area (Å²) in [7, 11) is 0. The molecule has 0 saturated heterocycles. The summed E-state index contributed by atoms with van der Waals surface area (Å²) in [6.45, 7) is 5.39. The normalized spacial score (nSPS) is 15.7. The number of anilines is 1. The van der Waals surface area contributed by atoms with Crippen LogP contribution in [0.3, 0.4) is 0 Å². The highest BCUT2D eigenvalue weighted by atomic mass is 32.2. The first-order valence-corrected chi connectivity index (χ1v) is 7.67. The molecule has 1 aliphatic heterocycles. The minimum atomic E-state index is -4.91. The summed E-state index contributed by atoms with van der Waals surface area (Å²) in [6, 6.07) is 4.58. The molecule has 5 nitrogen and oxygen atoms in total. The molecule has 1 heterocycles. The minimum absolute atomic E-state index is 0.0589. The van der Waals surface area contributed by atoms with Crippen LogP contribution in [-0.4, -0.2) is 23.6 Å². The number of allylic oxidation sites excluding steroid dienone is 1. The molecule has 0 fully saturated rings. The van der Waals surface area contributed by atoms with Crippen molar-refractivity contribution in [3.8, 4) is 5.75 Å². The van der Waals surface area contributed by atoms with Gasteiger partial charge in [-0.3, -0.25) is 4.79 Å². The van der Waals surface area contributed by atoms with Gasteiger partial charge >= 0.3 is 12.3 Å². The fourth-order valence-corrected chi connectivity index (χ4v) is 2.66. The predicted molar refractivity (Wildman–Crippen MR) is 84.0 cm³/mol. The summed E-state index contributed by atoms with van der Waals surface area (Å²) in [5.74, 6) is -1.71. The van der Waals surface area contributed by atoms with Crippen molar-refractivity contribution in [2.24, 2.45) is 0 Å². The van der Waals surface area contributed by atoms with Crippen LogP contribution in [0.4, 0.5) is 23.7 Å². The van der Waals surface area contributed by atoms with E-state index in [-0.39, 0.29) is 10.8 Å². The maximum atomic E-state index is 12.3. The van der Waals surface area contributed by atoms with E-state index in [1.165, 1.54) is 12.1 Å². The maximum absolute atomic E-state index is 12.3. The number of hydrogen-bond donors (Lipinski definition) is 2. The lowest BCUT2D eigenvalue weighted by Crippen LogP contribution is -2.42. The Morgan fingerprint density at radius 2 is 1.92 bits per heavy atom. The van der Waals surface area contributed by atoms with Crippen LogP contribution in [0.5, 0.6) is 5.75 Å². The third kappa shape index (κ3) is 4.92. The van der Waals surface area contributed by atoms with Gasteiger partial charge in [0.15, 0.2) is 0 Å². The van der Waals surface area contributed by atoms with Crippen LogP contribution in [0.1, 0.15) is 20.8 Å². The first-order valence-electron chi connectivity index (χ1n) is 6.86. The SMILES string of the molecule is CC(C)(C)NC(=O)Oc1ccc2c(c1)NC(=CC(=O)C(F)(F)F)S2. The molecule has 0 bridgehead atoms. The Balaban J connectivity index is 2.08. The van der Waals surface area contributed by atoms with Crippen molar-refractivity contribution in [1.82, 2.24) is 5.32 Å². The van der Waals surface area contributed by atoms with E-state index in [0.717, 1.165) is 11.8 Å². The molecular weight excluding hydrogens is 345 g/mol. The number of benzene rings is 1. The Morgan fingerprint density at radius 1 is 1.25 bits per heavy atom. The molecule has 9 heteroatoms. The maximum Gasteiger partial charge on any atom is 0.454 e. The van der Waals surface area contributed by atoms with Crippen LogP contribution in [0, 0.1) is 0 Å². The topological polar surface area (TPSA) is 67.4 Å². The number of alkyl halides is 3. The average Bonchev–Trinajstić information content (AvgIpc) is 2.76. The second-order valence-corrected chi connectivity index (χ2v) is 7.10. The van der Waals surface area contributed by atoms with E-state index in [1.54, 1.807) is 26.8 Å². The van der Waals surface area contributed by atoms with Crippen molar-refractivity contribution < 1.29 is 27.5 Å². The molecule has 130 valence electrons. The first-order chi connectivity index (χ1) is 10.9. The summed E-state index contributed by atoms with van der Waals surface area (Å²) in [5.41, 5.74) is -0.00208. The van der Waals surface area contributed by atoms with E-state index in [2.05, 4.69) is 10.6 Å². The van der Waals surface area contributed by atoms with Crippen LogP contribution in [0.2, 0.25) is 0 Å². The molecule has 1 aromatic rings. The molecule has 1 aromatic carbocycles. The Hall–Kier alpha value is -2.16. The molecule has 2 rings (SSSR count). The molecular formula is C15H15F3N2O3S. The van der Waals surface area contributed by atoms with Crippen molar-refractivity contribution in [2.45, 2.75) is 37.4 Å². The second-order valence-electron chi connectivity index (χ2n) is 6.02. The lowest BCUT2D eigenvalue weighted by atomic mass is 10.1. The highest BCUT2D eigenvalue weighted by Crippen LogP contribution is 2.42. The number of ketones is 1. The van der Waals surface area contributed by atoms with Crippen molar-refractivity contribution in [2.75, 3.05) is 5.32 Å². The van der Waals surface area contributed by atoms with Gasteiger partial charge in [-0.25, -0.2) is 4.79 Å². The number of thioether (sulfide) groups is 1. The van der Waals surface area contributed by atoms with Gasteiger partial charge in [-0.1, -0.05) is 11.8 Å².